The Balaban J connectivity index is 4.49. The maximum absolute atomic E-state index is 11.9. The van der Waals surface area contributed by atoms with E-state index in [9.17, 15) is 4.79 Å². The minimum atomic E-state index is -0.325. The van der Waals surface area contributed by atoms with E-state index >= 15 is 0 Å². The summed E-state index contributed by atoms with van der Waals surface area (Å²) in [4.78, 5) is 11.9. The molecule has 3 unspecified atom stereocenters. The van der Waals surface area contributed by atoms with Gasteiger partial charge < -0.3 is 13.6 Å². The largest absolute Gasteiger partial charge is 0.546 e. The van der Waals surface area contributed by atoms with Crippen molar-refractivity contribution in [3.05, 3.63) is 24.3 Å². The molecule has 0 rings (SSSR count). The zero-order valence-electron chi connectivity index (χ0n) is 14.2. The van der Waals surface area contributed by atoms with Gasteiger partial charge in [-0.2, -0.15) is 0 Å². The average molecular weight is 340 g/mol. The van der Waals surface area contributed by atoms with Gasteiger partial charge in [-0.05, 0) is 34.2 Å². The fourth-order valence-electron chi connectivity index (χ4n) is 1.63. The lowest BCUT2D eigenvalue weighted by atomic mass is 10.0. The topological polar surface area (TPSA) is 44.8 Å². The first kappa shape index (κ1) is 21.0. The van der Waals surface area contributed by atoms with Crippen LogP contribution in [0.5, 0.6) is 0 Å². The summed E-state index contributed by atoms with van der Waals surface area (Å²) in [6.07, 6.45) is 12.1. The highest BCUT2D eigenvalue weighted by Crippen LogP contribution is 2.12. The van der Waals surface area contributed by atoms with Crippen LogP contribution in [-0.4, -0.2) is 49.6 Å². The second-order valence-corrected chi connectivity index (χ2v) is 6.35. The Morgan fingerprint density at radius 2 is 1.86 bits per heavy atom. The van der Waals surface area contributed by atoms with Gasteiger partial charge in [-0.15, -0.1) is 0 Å². The minimum Gasteiger partial charge on any atom is -0.546 e. The van der Waals surface area contributed by atoms with Crippen molar-refractivity contribution in [3.8, 4) is 0 Å². The lowest BCUT2D eigenvalue weighted by Gasteiger charge is -2.20. The van der Waals surface area contributed by atoms with Gasteiger partial charge in [0.15, 0.2) is 0 Å². The summed E-state index contributed by atoms with van der Waals surface area (Å²) in [6.45, 7) is 9.47. The van der Waals surface area contributed by atoms with Gasteiger partial charge in [0.1, 0.15) is 0 Å². The number of rotatable bonds is 11. The molecule has 0 bridgehead atoms. The van der Waals surface area contributed by atoms with Crippen LogP contribution in [-0.2, 0) is 18.4 Å². The molecule has 0 aromatic heterocycles. The van der Waals surface area contributed by atoms with E-state index in [-0.39, 0.29) is 39.6 Å². The van der Waals surface area contributed by atoms with E-state index in [1.54, 1.807) is 0 Å². The predicted octanol–water partition coefficient (Wildman–Crippen LogP) is 2.59. The monoisotopic (exact) mass is 339 g/mol. The fourth-order valence-corrected chi connectivity index (χ4v) is 2.57. The van der Waals surface area contributed by atoms with Crippen LogP contribution in [0.1, 0.15) is 34.1 Å². The molecule has 123 valence electrons. The highest BCUT2D eigenvalue weighted by molar-refractivity contribution is 6.33. The van der Waals surface area contributed by atoms with Crippen molar-refractivity contribution in [2.24, 2.45) is 5.92 Å². The van der Waals surface area contributed by atoms with E-state index in [1.807, 2.05) is 58.5 Å². The van der Waals surface area contributed by atoms with Crippen molar-refractivity contribution in [2.75, 3.05) is 0 Å². The van der Waals surface area contributed by atoms with Gasteiger partial charge >= 0.3 is 5.97 Å². The van der Waals surface area contributed by atoms with Gasteiger partial charge in [-0.3, -0.25) is 4.79 Å². The van der Waals surface area contributed by atoms with E-state index in [1.165, 1.54) is 0 Å². The lowest BCUT2D eigenvalue weighted by Crippen LogP contribution is -2.30. The van der Waals surface area contributed by atoms with Crippen molar-refractivity contribution in [1.82, 2.24) is 0 Å². The summed E-state index contributed by atoms with van der Waals surface area (Å²) >= 11 is 0. The van der Waals surface area contributed by atoms with Crippen LogP contribution in [0.2, 0.25) is 6.55 Å². The van der Waals surface area contributed by atoms with Gasteiger partial charge in [-0.25, -0.2) is 0 Å². The van der Waals surface area contributed by atoms with Crippen molar-refractivity contribution < 1.29 is 18.4 Å². The Bertz CT molecular complexity index is 380. The zero-order chi connectivity index (χ0) is 17.0. The maximum atomic E-state index is 11.9. The molecule has 0 aliphatic heterocycles. The number of carbonyl (C=O) groups excluding carboxylic acids is 1. The Morgan fingerprint density at radius 1 is 1.18 bits per heavy atom. The molecule has 0 heterocycles. The highest BCUT2D eigenvalue weighted by atomic mass is 28.2. The molecule has 0 aromatic rings. The van der Waals surface area contributed by atoms with Gasteiger partial charge in [0.2, 0.25) is 9.76 Å². The van der Waals surface area contributed by atoms with E-state index < -0.39 is 0 Å². The molecule has 4 nitrogen and oxygen atoms in total. The van der Waals surface area contributed by atoms with Gasteiger partial charge in [-0.1, -0.05) is 30.5 Å². The average Bonchev–Trinajstić information content (AvgIpc) is 2.44. The molecule has 3 atom stereocenters. The van der Waals surface area contributed by atoms with E-state index in [4.69, 9.17) is 13.6 Å². The summed E-state index contributed by atoms with van der Waals surface area (Å²) < 4.78 is 16.3. The molecule has 0 fully saturated rings. The third-order valence-electron chi connectivity index (χ3n) is 2.77. The molecule has 0 aliphatic rings. The summed E-state index contributed by atoms with van der Waals surface area (Å²) in [5.41, 5.74) is 0. The Kier molecular flexibility index (Phi) is 12.0. The predicted molar refractivity (Wildman–Crippen MR) is 93.2 cm³/mol. The first-order valence-electron chi connectivity index (χ1n) is 7.46. The molecule has 0 saturated carbocycles. The number of hydrogen-bond acceptors (Lipinski definition) is 4. The Labute approximate surface area is 139 Å². The second-order valence-electron chi connectivity index (χ2n) is 5.18. The number of carbonyl (C=O) groups is 1. The molecule has 0 aliphatic carbocycles. The van der Waals surface area contributed by atoms with Crippen LogP contribution < -0.4 is 0 Å². The third kappa shape index (κ3) is 9.86. The Hall–Kier alpha value is -0.986. The van der Waals surface area contributed by atoms with Crippen molar-refractivity contribution in [3.63, 3.8) is 0 Å². The van der Waals surface area contributed by atoms with Crippen molar-refractivity contribution in [1.29, 1.82) is 0 Å². The molecule has 0 amide bonds. The van der Waals surface area contributed by atoms with E-state index in [0.717, 1.165) is 6.42 Å². The van der Waals surface area contributed by atoms with Crippen molar-refractivity contribution in [2.45, 2.75) is 59.0 Å². The first-order valence-corrected chi connectivity index (χ1v) is 9.98. The summed E-state index contributed by atoms with van der Waals surface area (Å²) in [7, 11) is 0.583. The second kappa shape index (κ2) is 12.5. The van der Waals surface area contributed by atoms with Gasteiger partial charge in [0, 0.05) is 6.42 Å². The quantitative estimate of drug-likeness (QED) is 0.330. The van der Waals surface area contributed by atoms with Crippen molar-refractivity contribution >= 4 is 31.3 Å². The number of ether oxygens (including phenoxy) is 1. The van der Waals surface area contributed by atoms with Crippen LogP contribution in [0.3, 0.4) is 0 Å². The molecular weight excluding hydrogens is 312 g/mol. The standard InChI is InChI=1S/C16H27O4Si2/c1-12(2)18-16(17)14(4)15(20-22-6)11-9-7-8-10-13(3)19-21-5/h7-9,11-15H,5,10H2,1-4,6H3/b8-7+,11-9+. The van der Waals surface area contributed by atoms with Crippen LogP contribution in [0, 0.1) is 5.92 Å². The van der Waals surface area contributed by atoms with Gasteiger partial charge in [0.05, 0.1) is 24.2 Å². The molecule has 22 heavy (non-hydrogen) atoms. The zero-order valence-corrected chi connectivity index (χ0v) is 16.2. The molecular formula is C16H27O4Si2. The highest BCUT2D eigenvalue weighted by Gasteiger charge is 2.24. The molecule has 6 heteroatoms. The summed E-state index contributed by atoms with van der Waals surface area (Å²) in [6, 6.07) is 0. The summed E-state index contributed by atoms with van der Waals surface area (Å²) in [5, 5.41) is 0. The normalized spacial score (nSPS) is 15.9. The lowest BCUT2D eigenvalue weighted by molar-refractivity contribution is -0.154. The summed E-state index contributed by atoms with van der Waals surface area (Å²) in [5.74, 6) is -0.556. The molecule has 0 N–H and O–H groups in total. The number of allylic oxidation sites excluding steroid dienone is 2. The SMILES string of the molecule is C=[Si]OC(C)C/C=C/C=C/C(O[Si]C)C(C)C(=O)OC(C)C. The van der Waals surface area contributed by atoms with Gasteiger partial charge in [0.25, 0.3) is 9.38 Å². The fraction of sp³-hybridized carbons (Fsp3) is 0.625. The molecule has 3 radical (unpaired) electrons. The number of esters is 1. The third-order valence-corrected chi connectivity index (χ3v) is 3.85. The van der Waals surface area contributed by atoms with Crippen LogP contribution in [0.4, 0.5) is 0 Å². The van der Waals surface area contributed by atoms with Crippen LogP contribution in [0.25, 0.3) is 0 Å². The van der Waals surface area contributed by atoms with Crippen LogP contribution >= 0.6 is 0 Å². The number of hydrogen-bond donors (Lipinski definition) is 0. The first-order chi connectivity index (χ1) is 10.4. The minimum absolute atomic E-state index is 0.112. The molecule has 0 saturated heterocycles. The van der Waals surface area contributed by atoms with E-state index in [2.05, 4.69) is 6.17 Å². The maximum Gasteiger partial charge on any atom is 0.311 e. The van der Waals surface area contributed by atoms with Crippen LogP contribution in [0.15, 0.2) is 24.3 Å². The smallest absolute Gasteiger partial charge is 0.311 e. The molecule has 0 aromatic carbocycles. The molecule has 0 spiro atoms. The van der Waals surface area contributed by atoms with E-state index in [0.29, 0.717) is 9.76 Å². The Morgan fingerprint density at radius 3 is 2.41 bits per heavy atom.